The van der Waals surface area contributed by atoms with Crippen LogP contribution in [0.2, 0.25) is 0 Å². The minimum atomic E-state index is 0.511. The van der Waals surface area contributed by atoms with Crippen LogP contribution in [0.3, 0.4) is 0 Å². The van der Waals surface area contributed by atoms with Gasteiger partial charge in [0, 0.05) is 18.7 Å². The van der Waals surface area contributed by atoms with Crippen LogP contribution < -0.4 is 20.1 Å². The fourth-order valence-electron chi connectivity index (χ4n) is 2.22. The lowest BCUT2D eigenvalue weighted by Gasteiger charge is -2.14. The monoisotopic (exact) mass is 294 g/mol. The van der Waals surface area contributed by atoms with Gasteiger partial charge in [-0.25, -0.2) is 0 Å². The van der Waals surface area contributed by atoms with Gasteiger partial charge in [-0.3, -0.25) is 0 Å². The van der Waals surface area contributed by atoms with Crippen LogP contribution in [-0.4, -0.2) is 39.9 Å². The van der Waals surface area contributed by atoms with Crippen molar-refractivity contribution in [3.05, 3.63) is 23.8 Å². The first-order chi connectivity index (χ1) is 10.2. The summed E-state index contributed by atoms with van der Waals surface area (Å²) >= 11 is 0. The Labute approximate surface area is 129 Å². The first-order valence-corrected chi connectivity index (χ1v) is 7.85. The molecule has 120 valence electrons. The third kappa shape index (κ3) is 7.34. The topological polar surface area (TPSA) is 42.5 Å². The van der Waals surface area contributed by atoms with Crippen molar-refractivity contribution < 1.29 is 9.47 Å². The number of benzene rings is 1. The number of hydrogen-bond donors (Lipinski definition) is 2. The molecule has 21 heavy (non-hydrogen) atoms. The van der Waals surface area contributed by atoms with Gasteiger partial charge in [-0.1, -0.05) is 6.92 Å². The van der Waals surface area contributed by atoms with Crippen LogP contribution in [-0.2, 0) is 6.42 Å². The van der Waals surface area contributed by atoms with Crippen molar-refractivity contribution in [2.24, 2.45) is 0 Å². The molecule has 4 nitrogen and oxygen atoms in total. The summed E-state index contributed by atoms with van der Waals surface area (Å²) in [5, 5.41) is 6.97. The van der Waals surface area contributed by atoms with Crippen molar-refractivity contribution in [2.75, 3.05) is 33.9 Å². The SMILES string of the molecule is CCCNCC(C)NCCCc1cc(OC)cc(OC)c1. The Kier molecular flexibility index (Phi) is 8.87. The van der Waals surface area contributed by atoms with E-state index in [1.807, 2.05) is 6.07 Å². The summed E-state index contributed by atoms with van der Waals surface area (Å²) in [4.78, 5) is 0. The molecule has 1 rings (SSSR count). The molecule has 1 atom stereocenters. The Morgan fingerprint density at radius 1 is 1.05 bits per heavy atom. The molecule has 0 bridgehead atoms. The van der Waals surface area contributed by atoms with Gasteiger partial charge in [0.25, 0.3) is 0 Å². The highest BCUT2D eigenvalue weighted by Crippen LogP contribution is 2.23. The van der Waals surface area contributed by atoms with Gasteiger partial charge in [-0.2, -0.15) is 0 Å². The van der Waals surface area contributed by atoms with Gasteiger partial charge >= 0.3 is 0 Å². The Bertz CT molecular complexity index is 374. The van der Waals surface area contributed by atoms with Crippen LogP contribution in [0.5, 0.6) is 11.5 Å². The summed E-state index contributed by atoms with van der Waals surface area (Å²) in [6.45, 7) is 7.55. The van der Waals surface area contributed by atoms with Gasteiger partial charge in [-0.05, 0) is 57.0 Å². The standard InChI is InChI=1S/C17H30N2O2/c1-5-8-18-13-14(2)19-9-6-7-15-10-16(20-3)12-17(11-15)21-4/h10-12,14,18-19H,5-9,13H2,1-4H3. The number of nitrogens with one attached hydrogen (secondary N) is 2. The van der Waals surface area contributed by atoms with Crippen molar-refractivity contribution in [1.82, 2.24) is 10.6 Å². The number of aryl methyl sites for hydroxylation is 1. The Balaban J connectivity index is 2.28. The number of methoxy groups -OCH3 is 2. The van der Waals surface area contributed by atoms with Crippen LogP contribution in [0, 0.1) is 0 Å². The highest BCUT2D eigenvalue weighted by Gasteiger charge is 2.03. The van der Waals surface area contributed by atoms with Crippen molar-refractivity contribution in [3.8, 4) is 11.5 Å². The van der Waals surface area contributed by atoms with E-state index in [0.717, 1.165) is 44.0 Å². The fourth-order valence-corrected chi connectivity index (χ4v) is 2.22. The zero-order valence-electron chi connectivity index (χ0n) is 13.9. The third-order valence-electron chi connectivity index (χ3n) is 3.42. The molecular formula is C17H30N2O2. The molecule has 0 heterocycles. The Morgan fingerprint density at radius 2 is 1.71 bits per heavy atom. The van der Waals surface area contributed by atoms with E-state index in [1.165, 1.54) is 12.0 Å². The largest absolute Gasteiger partial charge is 0.497 e. The van der Waals surface area contributed by atoms with Gasteiger partial charge in [0.05, 0.1) is 14.2 Å². The van der Waals surface area contributed by atoms with E-state index < -0.39 is 0 Å². The molecule has 0 saturated heterocycles. The fraction of sp³-hybridized carbons (Fsp3) is 0.647. The molecule has 0 aliphatic carbocycles. The van der Waals surface area contributed by atoms with Crippen molar-refractivity contribution in [3.63, 3.8) is 0 Å². The van der Waals surface area contributed by atoms with Crippen LogP contribution in [0.4, 0.5) is 0 Å². The van der Waals surface area contributed by atoms with Gasteiger partial charge < -0.3 is 20.1 Å². The molecule has 4 heteroatoms. The first-order valence-electron chi connectivity index (χ1n) is 7.85. The Hall–Kier alpha value is -1.26. The lowest BCUT2D eigenvalue weighted by Crippen LogP contribution is -2.37. The maximum absolute atomic E-state index is 5.29. The van der Waals surface area contributed by atoms with Crippen LogP contribution >= 0.6 is 0 Å². The van der Waals surface area contributed by atoms with Crippen molar-refractivity contribution in [2.45, 2.75) is 39.2 Å². The summed E-state index contributed by atoms with van der Waals surface area (Å²) in [5.74, 6) is 1.71. The number of hydrogen-bond acceptors (Lipinski definition) is 4. The zero-order chi connectivity index (χ0) is 15.5. The predicted octanol–water partition coefficient (Wildman–Crippen LogP) is 2.61. The average Bonchev–Trinajstić information content (AvgIpc) is 2.51. The number of rotatable bonds is 11. The van der Waals surface area contributed by atoms with Crippen molar-refractivity contribution in [1.29, 1.82) is 0 Å². The predicted molar refractivity (Wildman–Crippen MR) is 88.5 cm³/mol. The van der Waals surface area contributed by atoms with E-state index in [1.54, 1.807) is 14.2 Å². The molecule has 0 aliphatic heterocycles. The van der Waals surface area contributed by atoms with Crippen LogP contribution in [0.1, 0.15) is 32.3 Å². The molecular weight excluding hydrogens is 264 g/mol. The van der Waals surface area contributed by atoms with Gasteiger partial charge in [0.1, 0.15) is 11.5 Å². The minimum Gasteiger partial charge on any atom is -0.497 e. The van der Waals surface area contributed by atoms with Gasteiger partial charge in [-0.15, -0.1) is 0 Å². The molecule has 0 amide bonds. The molecule has 1 aromatic carbocycles. The second kappa shape index (κ2) is 10.5. The van der Waals surface area contributed by atoms with Crippen molar-refractivity contribution >= 4 is 0 Å². The zero-order valence-corrected chi connectivity index (χ0v) is 13.9. The van der Waals surface area contributed by atoms with E-state index >= 15 is 0 Å². The molecule has 0 aliphatic rings. The van der Waals surface area contributed by atoms with E-state index in [0.29, 0.717) is 6.04 Å². The quantitative estimate of drug-likeness (QED) is 0.616. The maximum Gasteiger partial charge on any atom is 0.122 e. The average molecular weight is 294 g/mol. The normalized spacial score (nSPS) is 12.2. The first kappa shape index (κ1) is 17.8. The molecule has 1 unspecified atom stereocenters. The summed E-state index contributed by atoms with van der Waals surface area (Å²) in [7, 11) is 3.37. The number of ether oxygens (including phenoxy) is 2. The lowest BCUT2D eigenvalue weighted by molar-refractivity contribution is 0.393. The Morgan fingerprint density at radius 3 is 2.29 bits per heavy atom. The van der Waals surface area contributed by atoms with E-state index in [4.69, 9.17) is 9.47 Å². The highest BCUT2D eigenvalue weighted by atomic mass is 16.5. The smallest absolute Gasteiger partial charge is 0.122 e. The molecule has 2 N–H and O–H groups in total. The minimum absolute atomic E-state index is 0.511. The van der Waals surface area contributed by atoms with Crippen LogP contribution in [0.15, 0.2) is 18.2 Å². The summed E-state index contributed by atoms with van der Waals surface area (Å²) in [6, 6.07) is 6.57. The highest BCUT2D eigenvalue weighted by molar-refractivity contribution is 5.38. The van der Waals surface area contributed by atoms with E-state index in [-0.39, 0.29) is 0 Å². The second-order valence-corrected chi connectivity index (χ2v) is 5.38. The maximum atomic E-state index is 5.29. The summed E-state index contributed by atoms with van der Waals surface area (Å²) < 4.78 is 10.6. The second-order valence-electron chi connectivity index (χ2n) is 5.38. The van der Waals surface area contributed by atoms with Crippen LogP contribution in [0.25, 0.3) is 0 Å². The molecule has 0 aromatic heterocycles. The molecule has 0 radical (unpaired) electrons. The molecule has 0 spiro atoms. The molecule has 1 aromatic rings. The van der Waals surface area contributed by atoms with Gasteiger partial charge in [0.15, 0.2) is 0 Å². The summed E-state index contributed by atoms with van der Waals surface area (Å²) in [6.07, 6.45) is 3.31. The van der Waals surface area contributed by atoms with Gasteiger partial charge in [0.2, 0.25) is 0 Å². The summed E-state index contributed by atoms with van der Waals surface area (Å²) in [5.41, 5.74) is 1.25. The van der Waals surface area contributed by atoms with E-state index in [9.17, 15) is 0 Å². The van der Waals surface area contributed by atoms with E-state index in [2.05, 4.69) is 36.6 Å². The lowest BCUT2D eigenvalue weighted by atomic mass is 10.1. The molecule has 0 saturated carbocycles. The third-order valence-corrected chi connectivity index (χ3v) is 3.42. The molecule has 0 fully saturated rings.